The van der Waals surface area contributed by atoms with Crippen LogP contribution in [0.5, 0.6) is 0 Å². The number of aromatic amines is 1. The van der Waals surface area contributed by atoms with E-state index in [1.54, 1.807) is 25.7 Å². The molecule has 2 aromatic heterocycles. The fraction of sp³-hybridized carbons (Fsp3) is 0.419. The van der Waals surface area contributed by atoms with Crippen molar-refractivity contribution in [2.24, 2.45) is 5.18 Å². The van der Waals surface area contributed by atoms with Crippen LogP contribution in [0.2, 0.25) is 0 Å². The summed E-state index contributed by atoms with van der Waals surface area (Å²) in [5.41, 5.74) is 10.3. The Balaban J connectivity index is 0.00000232. The zero-order chi connectivity index (χ0) is 33.1. The number of methoxy groups -OCH3 is 1. The Bertz CT molecular complexity index is 1370. The molecule has 44 heavy (non-hydrogen) atoms. The SMILES string of the molecule is C=O.C=O.C\C=C/C=C(C)\C=C(/C)n1cc(-c2cn[nH]c(N)c(C)c(C3CCC(OCCOC)(C(=O)N=O)CC3)nc2)cn1. The first kappa shape index (κ1) is 37.4. The number of hydrogen-bond acceptors (Lipinski definition) is 10. The number of nitroso groups, excluding NO2 is 1. The molecule has 238 valence electrons. The Morgan fingerprint density at radius 1 is 1.16 bits per heavy atom. The van der Waals surface area contributed by atoms with E-state index in [-0.39, 0.29) is 12.5 Å². The normalized spacial score (nSPS) is 18.3. The first-order valence-electron chi connectivity index (χ1n) is 13.9. The highest BCUT2D eigenvalue weighted by molar-refractivity contribution is 5.86. The molecule has 1 fully saturated rings. The van der Waals surface area contributed by atoms with Crippen molar-refractivity contribution in [2.75, 3.05) is 26.1 Å². The molecule has 3 rings (SSSR count). The number of nitrogen functional groups attached to an aromatic ring is 1. The predicted molar refractivity (Wildman–Crippen MR) is 170 cm³/mol. The van der Waals surface area contributed by atoms with Crippen LogP contribution < -0.4 is 5.73 Å². The minimum Gasteiger partial charge on any atom is -0.384 e. The lowest BCUT2D eigenvalue weighted by molar-refractivity contribution is -0.151. The van der Waals surface area contributed by atoms with E-state index < -0.39 is 11.5 Å². The number of nitrogens with one attached hydrogen (secondary N) is 1. The van der Waals surface area contributed by atoms with Crippen molar-refractivity contribution < 1.29 is 23.9 Å². The summed E-state index contributed by atoms with van der Waals surface area (Å²) in [7, 11) is 1.55. The molecule has 13 heteroatoms. The van der Waals surface area contributed by atoms with Gasteiger partial charge in [-0.25, -0.2) is 4.68 Å². The predicted octanol–water partition coefficient (Wildman–Crippen LogP) is 5.05. The van der Waals surface area contributed by atoms with Gasteiger partial charge in [-0.15, -0.1) is 4.91 Å². The van der Waals surface area contributed by atoms with Gasteiger partial charge in [-0.1, -0.05) is 18.2 Å². The minimum absolute atomic E-state index is 0.00520. The van der Waals surface area contributed by atoms with E-state index in [0.29, 0.717) is 38.1 Å². The molecule has 0 atom stereocenters. The zero-order valence-corrected chi connectivity index (χ0v) is 26.1. The smallest absolute Gasteiger partial charge is 0.317 e. The van der Waals surface area contributed by atoms with Gasteiger partial charge in [0, 0.05) is 58.7 Å². The number of carbonyl (C=O) groups is 3. The molecule has 0 aliphatic heterocycles. The molecule has 13 nitrogen and oxygen atoms in total. The molecule has 0 spiro atoms. The average molecular weight is 610 g/mol. The topological polar surface area (TPSA) is 185 Å². The average Bonchev–Trinajstić information content (AvgIpc) is 3.57. The van der Waals surface area contributed by atoms with Gasteiger partial charge >= 0.3 is 5.91 Å². The third kappa shape index (κ3) is 10.3. The molecule has 0 bridgehead atoms. The van der Waals surface area contributed by atoms with Crippen molar-refractivity contribution in [2.45, 2.75) is 64.9 Å². The Labute approximate surface area is 257 Å². The lowest BCUT2D eigenvalue weighted by Crippen LogP contribution is -2.44. The number of hydrogen-bond donors (Lipinski definition) is 2. The highest BCUT2D eigenvalue weighted by atomic mass is 16.5. The van der Waals surface area contributed by atoms with Crippen molar-refractivity contribution in [3.05, 3.63) is 70.8 Å². The van der Waals surface area contributed by atoms with E-state index in [1.165, 1.54) is 0 Å². The number of ether oxygens (including phenoxy) is 2. The number of H-pyrrole nitrogens is 1. The summed E-state index contributed by atoms with van der Waals surface area (Å²) in [5, 5.41) is 14.4. The van der Waals surface area contributed by atoms with Gasteiger partial charge in [-0.2, -0.15) is 10.2 Å². The van der Waals surface area contributed by atoms with Crippen LogP contribution in [0.1, 0.15) is 63.6 Å². The Morgan fingerprint density at radius 3 is 2.45 bits per heavy atom. The summed E-state index contributed by atoms with van der Waals surface area (Å²) in [4.78, 5) is 44.4. The monoisotopic (exact) mass is 609 g/mol. The fourth-order valence-corrected chi connectivity index (χ4v) is 4.76. The van der Waals surface area contributed by atoms with E-state index in [1.807, 2.05) is 70.4 Å². The molecule has 1 saturated carbocycles. The summed E-state index contributed by atoms with van der Waals surface area (Å²) in [6.07, 6.45) is 17.0. The number of anilines is 1. The third-order valence-corrected chi connectivity index (χ3v) is 7.10. The number of nitrogens with two attached hydrogens (primary N) is 1. The molecule has 0 radical (unpaired) electrons. The molecule has 1 aliphatic rings. The lowest BCUT2D eigenvalue weighted by atomic mass is 9.76. The second-order valence-corrected chi connectivity index (χ2v) is 9.91. The van der Waals surface area contributed by atoms with Crippen LogP contribution in [0, 0.1) is 11.8 Å². The van der Waals surface area contributed by atoms with Crippen LogP contribution in [-0.4, -0.2) is 70.4 Å². The Kier molecular flexibility index (Phi) is 16.6. The number of amides is 1. The van der Waals surface area contributed by atoms with E-state index in [9.17, 15) is 9.70 Å². The van der Waals surface area contributed by atoms with E-state index in [4.69, 9.17) is 29.8 Å². The van der Waals surface area contributed by atoms with Crippen LogP contribution in [0.25, 0.3) is 16.8 Å². The summed E-state index contributed by atoms with van der Waals surface area (Å²) in [6, 6.07) is 0. The quantitative estimate of drug-likeness (QED) is 0.210. The number of rotatable bonds is 10. The van der Waals surface area contributed by atoms with Gasteiger partial charge in [0.1, 0.15) is 19.4 Å². The Hall–Kier alpha value is -4.62. The van der Waals surface area contributed by atoms with E-state index in [2.05, 4.69) is 26.5 Å². The standard InChI is InChI=1S/C29H39N7O4.2CH2O/c1-6-7-8-20(2)15-21(3)36-19-25(18-33-36)24-16-31-26(22(4)27(30)34-32-17-24)23-9-11-29(12-10-23,28(37)35-38)40-14-13-39-5;2*1-2/h6-8,15-19,23,34H,9-14,30H2,1-5H3;2*1H2/b7-6-,20-8-,21-15+,24-16?,27-22?,31-26?,32-17?;;. The van der Waals surface area contributed by atoms with Gasteiger partial charge in [0.2, 0.25) is 0 Å². The maximum Gasteiger partial charge on any atom is 0.317 e. The molecule has 0 saturated heterocycles. The summed E-state index contributed by atoms with van der Waals surface area (Å²) >= 11 is 0. The van der Waals surface area contributed by atoms with Gasteiger partial charge in [0.15, 0.2) is 5.60 Å². The second-order valence-electron chi connectivity index (χ2n) is 9.91. The van der Waals surface area contributed by atoms with Gasteiger partial charge in [-0.05, 0) is 65.0 Å². The molecular weight excluding hydrogens is 566 g/mol. The molecule has 1 aliphatic carbocycles. The maximum atomic E-state index is 12.4. The summed E-state index contributed by atoms with van der Waals surface area (Å²) in [5.74, 6) is -0.396. The number of carbonyl (C=O) groups excluding carboxylic acids is 3. The first-order valence-corrected chi connectivity index (χ1v) is 13.9. The van der Waals surface area contributed by atoms with Crippen molar-refractivity contribution >= 4 is 31.0 Å². The van der Waals surface area contributed by atoms with Crippen molar-refractivity contribution in [1.82, 2.24) is 25.0 Å². The van der Waals surface area contributed by atoms with Crippen molar-refractivity contribution in [3.63, 3.8) is 0 Å². The number of allylic oxidation sites excluding steroid dienone is 6. The van der Waals surface area contributed by atoms with Crippen LogP contribution >= 0.6 is 0 Å². The Morgan fingerprint density at radius 2 is 1.84 bits per heavy atom. The van der Waals surface area contributed by atoms with Crippen molar-refractivity contribution in [1.29, 1.82) is 0 Å². The molecule has 2 heterocycles. The molecule has 3 N–H and O–H groups in total. The molecule has 0 aromatic carbocycles. The zero-order valence-electron chi connectivity index (χ0n) is 26.1. The summed E-state index contributed by atoms with van der Waals surface area (Å²) in [6.45, 7) is 12.4. The largest absolute Gasteiger partial charge is 0.384 e. The number of nitrogens with zero attached hydrogens (tertiary/aromatic N) is 5. The van der Waals surface area contributed by atoms with Gasteiger partial charge in [-0.3, -0.25) is 14.9 Å². The van der Waals surface area contributed by atoms with E-state index >= 15 is 0 Å². The van der Waals surface area contributed by atoms with Gasteiger partial charge < -0.3 is 24.8 Å². The number of aromatic nitrogens is 5. The highest BCUT2D eigenvalue weighted by Gasteiger charge is 2.44. The van der Waals surface area contributed by atoms with Crippen LogP contribution in [0.15, 0.2) is 59.8 Å². The molecule has 0 unspecified atom stereocenters. The van der Waals surface area contributed by atoms with Crippen LogP contribution in [-0.2, 0) is 23.9 Å². The van der Waals surface area contributed by atoms with E-state index in [0.717, 1.165) is 33.7 Å². The van der Waals surface area contributed by atoms with Crippen molar-refractivity contribution in [3.8, 4) is 11.1 Å². The fourth-order valence-electron chi connectivity index (χ4n) is 4.76. The molecular formula is C31H43N7O6. The summed E-state index contributed by atoms with van der Waals surface area (Å²) < 4.78 is 12.7. The van der Waals surface area contributed by atoms with Crippen LogP contribution in [0.4, 0.5) is 5.82 Å². The third-order valence-electron chi connectivity index (χ3n) is 7.10. The van der Waals surface area contributed by atoms with Gasteiger partial charge in [0.25, 0.3) is 0 Å². The second kappa shape index (κ2) is 19.5. The van der Waals surface area contributed by atoms with Crippen LogP contribution in [0.3, 0.4) is 0 Å². The molecule has 2 aromatic rings. The lowest BCUT2D eigenvalue weighted by Gasteiger charge is -2.36. The highest BCUT2D eigenvalue weighted by Crippen LogP contribution is 2.41. The minimum atomic E-state index is -1.23. The maximum absolute atomic E-state index is 12.4. The first-order chi connectivity index (χ1) is 21.2. The molecule has 1 amide bonds. The van der Waals surface area contributed by atoms with Gasteiger partial charge in [0.05, 0.1) is 25.6 Å².